The van der Waals surface area contributed by atoms with E-state index in [0.29, 0.717) is 30.4 Å². The summed E-state index contributed by atoms with van der Waals surface area (Å²) in [6, 6.07) is 3.24. The Hall–Kier alpha value is -2.22. The van der Waals surface area contributed by atoms with Gasteiger partial charge in [0.15, 0.2) is 5.76 Å². The number of nitrogens with zero attached hydrogens (tertiary/aromatic N) is 2. The lowest BCUT2D eigenvalue weighted by atomic mass is 10.2. The van der Waals surface area contributed by atoms with Crippen LogP contribution in [0, 0.1) is 0 Å². The SMILES string of the molecule is CC(C)c1nnc(NC(=O)CCCNC(=O)c2ccco2)s1. The summed E-state index contributed by atoms with van der Waals surface area (Å²) < 4.78 is 4.97. The molecule has 2 aromatic heterocycles. The second kappa shape index (κ2) is 7.69. The minimum atomic E-state index is -0.281. The molecule has 0 aromatic carbocycles. The number of furan rings is 1. The Kier molecular flexibility index (Phi) is 5.65. The van der Waals surface area contributed by atoms with Crippen molar-refractivity contribution in [2.24, 2.45) is 0 Å². The van der Waals surface area contributed by atoms with Crippen molar-refractivity contribution in [1.29, 1.82) is 0 Å². The van der Waals surface area contributed by atoms with Crippen molar-refractivity contribution in [1.82, 2.24) is 15.5 Å². The fourth-order valence-electron chi connectivity index (χ4n) is 1.65. The highest BCUT2D eigenvalue weighted by Crippen LogP contribution is 2.22. The van der Waals surface area contributed by atoms with Gasteiger partial charge in [-0.3, -0.25) is 9.59 Å². The van der Waals surface area contributed by atoms with Crippen LogP contribution in [0.5, 0.6) is 0 Å². The van der Waals surface area contributed by atoms with Crippen LogP contribution in [-0.4, -0.2) is 28.6 Å². The average molecular weight is 322 g/mol. The molecule has 2 N–H and O–H groups in total. The van der Waals surface area contributed by atoms with Crippen LogP contribution in [0.15, 0.2) is 22.8 Å². The summed E-state index contributed by atoms with van der Waals surface area (Å²) in [5, 5.41) is 14.7. The number of hydrogen-bond acceptors (Lipinski definition) is 6. The minimum Gasteiger partial charge on any atom is -0.459 e. The highest BCUT2D eigenvalue weighted by atomic mass is 32.1. The lowest BCUT2D eigenvalue weighted by Crippen LogP contribution is -2.25. The maximum atomic E-state index is 11.8. The molecule has 0 unspecified atom stereocenters. The fraction of sp³-hybridized carbons (Fsp3) is 0.429. The van der Waals surface area contributed by atoms with Crippen LogP contribution >= 0.6 is 11.3 Å². The topological polar surface area (TPSA) is 97.1 Å². The first-order valence-corrected chi connectivity index (χ1v) is 7.83. The van der Waals surface area contributed by atoms with Gasteiger partial charge in [0.1, 0.15) is 5.01 Å². The van der Waals surface area contributed by atoms with Crippen molar-refractivity contribution < 1.29 is 14.0 Å². The lowest BCUT2D eigenvalue weighted by Gasteiger charge is -2.03. The van der Waals surface area contributed by atoms with Gasteiger partial charge in [-0.25, -0.2) is 0 Å². The van der Waals surface area contributed by atoms with Gasteiger partial charge in [-0.15, -0.1) is 10.2 Å². The lowest BCUT2D eigenvalue weighted by molar-refractivity contribution is -0.116. The molecule has 0 aliphatic carbocycles. The van der Waals surface area contributed by atoms with Gasteiger partial charge < -0.3 is 15.1 Å². The number of anilines is 1. The molecule has 2 heterocycles. The molecule has 0 radical (unpaired) electrons. The minimum absolute atomic E-state index is 0.140. The predicted octanol–water partition coefficient (Wildman–Crippen LogP) is 2.40. The number of amides is 2. The van der Waals surface area contributed by atoms with Crippen molar-refractivity contribution in [2.45, 2.75) is 32.6 Å². The first-order chi connectivity index (χ1) is 10.6. The van der Waals surface area contributed by atoms with Gasteiger partial charge in [0.25, 0.3) is 5.91 Å². The number of hydrogen-bond donors (Lipinski definition) is 2. The van der Waals surface area contributed by atoms with Crippen molar-refractivity contribution >= 4 is 28.3 Å². The third-order valence-corrected chi connectivity index (χ3v) is 3.93. The number of carbonyl (C=O) groups is 2. The van der Waals surface area contributed by atoms with Gasteiger partial charge in [-0.1, -0.05) is 25.2 Å². The first-order valence-electron chi connectivity index (χ1n) is 7.01. The van der Waals surface area contributed by atoms with E-state index in [4.69, 9.17) is 4.42 Å². The monoisotopic (exact) mass is 322 g/mol. The van der Waals surface area contributed by atoms with Gasteiger partial charge in [-0.2, -0.15) is 0 Å². The molecule has 22 heavy (non-hydrogen) atoms. The molecule has 2 rings (SSSR count). The van der Waals surface area contributed by atoms with E-state index < -0.39 is 0 Å². The summed E-state index contributed by atoms with van der Waals surface area (Å²) in [6.07, 6.45) is 2.28. The second-order valence-corrected chi connectivity index (χ2v) is 5.99. The third kappa shape index (κ3) is 4.66. The van der Waals surface area contributed by atoms with E-state index in [9.17, 15) is 9.59 Å². The van der Waals surface area contributed by atoms with Gasteiger partial charge in [0.2, 0.25) is 11.0 Å². The molecule has 8 heteroatoms. The van der Waals surface area contributed by atoms with Crippen molar-refractivity contribution in [3.63, 3.8) is 0 Å². The number of nitrogens with one attached hydrogen (secondary N) is 2. The molecule has 2 aromatic rings. The molecule has 0 bridgehead atoms. The van der Waals surface area contributed by atoms with Crippen LogP contribution in [0.1, 0.15) is 48.2 Å². The van der Waals surface area contributed by atoms with Gasteiger partial charge in [0.05, 0.1) is 6.26 Å². The van der Waals surface area contributed by atoms with Gasteiger partial charge >= 0.3 is 0 Å². The quantitative estimate of drug-likeness (QED) is 0.763. The van der Waals surface area contributed by atoms with Crippen molar-refractivity contribution in [2.75, 3.05) is 11.9 Å². The zero-order valence-electron chi connectivity index (χ0n) is 12.5. The first kappa shape index (κ1) is 16.2. The Labute approximate surface area is 132 Å². The van der Waals surface area contributed by atoms with Crippen molar-refractivity contribution in [3.05, 3.63) is 29.2 Å². The van der Waals surface area contributed by atoms with Crippen LogP contribution in [0.25, 0.3) is 0 Å². The number of aromatic nitrogens is 2. The zero-order valence-corrected chi connectivity index (χ0v) is 13.3. The van der Waals surface area contributed by atoms with E-state index in [2.05, 4.69) is 20.8 Å². The summed E-state index contributed by atoms with van der Waals surface area (Å²) in [5.74, 6) is 0.134. The van der Waals surface area contributed by atoms with Crippen LogP contribution in [-0.2, 0) is 4.79 Å². The molecule has 0 aliphatic heterocycles. The predicted molar refractivity (Wildman–Crippen MR) is 82.9 cm³/mol. The van der Waals surface area contributed by atoms with E-state index in [0.717, 1.165) is 5.01 Å². The molecule has 7 nitrogen and oxygen atoms in total. The molecule has 0 aliphatic rings. The zero-order chi connectivity index (χ0) is 15.9. The van der Waals surface area contributed by atoms with E-state index in [-0.39, 0.29) is 17.6 Å². The van der Waals surface area contributed by atoms with E-state index in [1.807, 2.05) is 13.8 Å². The Morgan fingerprint density at radius 2 is 2.18 bits per heavy atom. The average Bonchev–Trinajstić information content (AvgIpc) is 3.14. The Morgan fingerprint density at radius 1 is 1.36 bits per heavy atom. The Morgan fingerprint density at radius 3 is 2.82 bits per heavy atom. The smallest absolute Gasteiger partial charge is 0.286 e. The highest BCUT2D eigenvalue weighted by Gasteiger charge is 2.11. The molecule has 2 amide bonds. The molecular formula is C14H18N4O3S. The third-order valence-electron chi connectivity index (χ3n) is 2.79. The van der Waals surface area contributed by atoms with Crippen LogP contribution in [0.4, 0.5) is 5.13 Å². The van der Waals surface area contributed by atoms with Crippen LogP contribution in [0.2, 0.25) is 0 Å². The summed E-state index contributed by atoms with van der Waals surface area (Å²) >= 11 is 1.38. The summed E-state index contributed by atoms with van der Waals surface area (Å²) in [6.45, 7) is 4.45. The van der Waals surface area contributed by atoms with E-state index in [1.165, 1.54) is 17.6 Å². The van der Waals surface area contributed by atoms with Crippen LogP contribution in [0.3, 0.4) is 0 Å². The van der Waals surface area contributed by atoms with E-state index in [1.54, 1.807) is 12.1 Å². The van der Waals surface area contributed by atoms with Gasteiger partial charge in [-0.05, 0) is 18.6 Å². The van der Waals surface area contributed by atoms with E-state index >= 15 is 0 Å². The Bertz CT molecular complexity index is 622. The number of rotatable bonds is 7. The largest absolute Gasteiger partial charge is 0.459 e. The maximum Gasteiger partial charge on any atom is 0.286 e. The maximum absolute atomic E-state index is 11.8. The fourth-order valence-corrected chi connectivity index (χ4v) is 2.41. The summed E-state index contributed by atoms with van der Waals surface area (Å²) in [5.41, 5.74) is 0. The molecule has 0 saturated carbocycles. The standard InChI is InChI=1S/C14H18N4O3S/c1-9(2)13-17-18-14(22-13)16-11(19)6-3-7-15-12(20)10-5-4-8-21-10/h4-5,8-9H,3,6-7H2,1-2H3,(H,15,20)(H,16,18,19). The molecule has 0 atom stereocenters. The normalized spacial score (nSPS) is 10.7. The molecule has 0 saturated heterocycles. The highest BCUT2D eigenvalue weighted by molar-refractivity contribution is 7.15. The van der Waals surface area contributed by atoms with Crippen LogP contribution < -0.4 is 10.6 Å². The molecule has 0 spiro atoms. The van der Waals surface area contributed by atoms with Gasteiger partial charge in [0, 0.05) is 18.9 Å². The molecule has 0 fully saturated rings. The number of carbonyl (C=O) groups excluding carboxylic acids is 2. The summed E-state index contributed by atoms with van der Waals surface area (Å²) in [4.78, 5) is 23.3. The molecule has 118 valence electrons. The Balaban J connectivity index is 1.66. The molecular weight excluding hydrogens is 304 g/mol. The summed E-state index contributed by atoms with van der Waals surface area (Å²) in [7, 11) is 0. The van der Waals surface area contributed by atoms with Crippen molar-refractivity contribution in [3.8, 4) is 0 Å². The second-order valence-electron chi connectivity index (χ2n) is 4.99.